The second-order valence-electron chi connectivity index (χ2n) is 6.44. The summed E-state index contributed by atoms with van der Waals surface area (Å²) in [5, 5.41) is 3.00. The first-order valence-electron chi connectivity index (χ1n) is 9.49. The van der Waals surface area contributed by atoms with Crippen LogP contribution in [0.4, 0.5) is 0 Å². The van der Waals surface area contributed by atoms with Gasteiger partial charge in [-0.3, -0.25) is 14.4 Å². The highest BCUT2D eigenvalue weighted by atomic mass is 16.5. The second kappa shape index (κ2) is 11.2. The number of amides is 2. The summed E-state index contributed by atoms with van der Waals surface area (Å²) in [6.07, 6.45) is 2.03. The van der Waals surface area contributed by atoms with Crippen LogP contribution in [0.2, 0.25) is 0 Å². The van der Waals surface area contributed by atoms with E-state index in [-0.39, 0.29) is 36.7 Å². The van der Waals surface area contributed by atoms with E-state index in [1.54, 1.807) is 11.8 Å². The minimum absolute atomic E-state index is 0.0379. The van der Waals surface area contributed by atoms with Crippen molar-refractivity contribution in [2.75, 3.05) is 26.3 Å². The fraction of sp³-hybridized carbons (Fsp3) is 0.550. The first-order valence-corrected chi connectivity index (χ1v) is 9.49. The van der Waals surface area contributed by atoms with Crippen molar-refractivity contribution >= 4 is 17.8 Å². The number of benzene rings is 1. The minimum atomic E-state index is -0.342. The van der Waals surface area contributed by atoms with Crippen LogP contribution in [0.25, 0.3) is 0 Å². The van der Waals surface area contributed by atoms with Gasteiger partial charge in [0.1, 0.15) is 5.75 Å². The van der Waals surface area contributed by atoms with Crippen LogP contribution in [0.15, 0.2) is 30.3 Å². The van der Waals surface area contributed by atoms with Crippen LogP contribution in [0.1, 0.15) is 39.0 Å². The topological polar surface area (TPSA) is 84.9 Å². The molecule has 0 radical (unpaired) electrons. The number of para-hydroxylation sites is 1. The van der Waals surface area contributed by atoms with Gasteiger partial charge in [-0.2, -0.15) is 0 Å². The van der Waals surface area contributed by atoms with E-state index in [9.17, 15) is 14.4 Å². The number of esters is 1. The molecular weight excluding hydrogens is 348 g/mol. The molecule has 148 valence electrons. The van der Waals surface area contributed by atoms with Crippen molar-refractivity contribution in [2.45, 2.75) is 45.1 Å². The SMILES string of the molecule is CCOC(=O)CCC(=O)N1CCC(NC(=O)CCOc2ccccc2)CC1. The van der Waals surface area contributed by atoms with Gasteiger partial charge in [-0.15, -0.1) is 0 Å². The summed E-state index contributed by atoms with van der Waals surface area (Å²) in [5.74, 6) is 0.327. The lowest BCUT2D eigenvalue weighted by molar-refractivity contribution is -0.146. The molecule has 1 saturated heterocycles. The van der Waals surface area contributed by atoms with Crippen molar-refractivity contribution in [1.29, 1.82) is 0 Å². The van der Waals surface area contributed by atoms with Gasteiger partial charge < -0.3 is 19.7 Å². The molecule has 0 spiro atoms. The van der Waals surface area contributed by atoms with Crippen LogP contribution in [0, 0.1) is 0 Å². The van der Waals surface area contributed by atoms with E-state index in [2.05, 4.69) is 5.32 Å². The van der Waals surface area contributed by atoms with Crippen molar-refractivity contribution in [1.82, 2.24) is 10.2 Å². The number of nitrogens with one attached hydrogen (secondary N) is 1. The second-order valence-corrected chi connectivity index (χ2v) is 6.44. The third kappa shape index (κ3) is 7.68. The molecule has 1 aliphatic heterocycles. The molecule has 1 fully saturated rings. The molecule has 1 aliphatic rings. The first kappa shape index (κ1) is 20.7. The Morgan fingerprint density at radius 2 is 1.78 bits per heavy atom. The Morgan fingerprint density at radius 1 is 1.07 bits per heavy atom. The van der Waals surface area contributed by atoms with Crippen molar-refractivity contribution in [3.63, 3.8) is 0 Å². The van der Waals surface area contributed by atoms with Crippen LogP contribution < -0.4 is 10.1 Å². The van der Waals surface area contributed by atoms with Gasteiger partial charge in [-0.25, -0.2) is 0 Å². The summed E-state index contributed by atoms with van der Waals surface area (Å²) < 4.78 is 10.4. The number of likely N-dealkylation sites (tertiary alicyclic amines) is 1. The molecule has 7 heteroatoms. The van der Waals surface area contributed by atoms with Gasteiger partial charge in [0.15, 0.2) is 0 Å². The number of hydrogen-bond acceptors (Lipinski definition) is 5. The molecule has 1 aromatic rings. The molecule has 2 amide bonds. The summed E-state index contributed by atoms with van der Waals surface area (Å²) >= 11 is 0. The van der Waals surface area contributed by atoms with E-state index in [4.69, 9.17) is 9.47 Å². The third-order valence-electron chi connectivity index (χ3n) is 4.40. The van der Waals surface area contributed by atoms with Crippen LogP contribution in [0.5, 0.6) is 5.75 Å². The zero-order valence-corrected chi connectivity index (χ0v) is 15.8. The van der Waals surface area contributed by atoms with Crippen molar-refractivity contribution in [3.8, 4) is 5.75 Å². The Bertz CT molecular complexity index is 612. The predicted molar refractivity (Wildman–Crippen MR) is 100 cm³/mol. The van der Waals surface area contributed by atoms with E-state index in [1.807, 2.05) is 30.3 Å². The minimum Gasteiger partial charge on any atom is -0.493 e. The highest BCUT2D eigenvalue weighted by molar-refractivity contribution is 5.81. The van der Waals surface area contributed by atoms with Crippen LogP contribution >= 0.6 is 0 Å². The largest absolute Gasteiger partial charge is 0.493 e. The lowest BCUT2D eigenvalue weighted by Crippen LogP contribution is -2.46. The fourth-order valence-electron chi connectivity index (χ4n) is 2.95. The van der Waals surface area contributed by atoms with Crippen molar-refractivity contribution in [3.05, 3.63) is 30.3 Å². The van der Waals surface area contributed by atoms with E-state index < -0.39 is 0 Å². The summed E-state index contributed by atoms with van der Waals surface area (Å²) in [6.45, 7) is 3.59. The van der Waals surface area contributed by atoms with E-state index >= 15 is 0 Å². The van der Waals surface area contributed by atoms with Crippen molar-refractivity contribution < 1.29 is 23.9 Å². The molecule has 0 unspecified atom stereocenters. The Hall–Kier alpha value is -2.57. The molecule has 0 aromatic heterocycles. The quantitative estimate of drug-likeness (QED) is 0.666. The normalized spacial score (nSPS) is 14.5. The highest BCUT2D eigenvalue weighted by Gasteiger charge is 2.24. The molecule has 1 aromatic carbocycles. The highest BCUT2D eigenvalue weighted by Crippen LogP contribution is 2.13. The zero-order chi connectivity index (χ0) is 19.5. The number of piperidine rings is 1. The van der Waals surface area contributed by atoms with Gasteiger partial charge in [0.05, 0.1) is 26.1 Å². The maximum absolute atomic E-state index is 12.1. The molecule has 0 bridgehead atoms. The Morgan fingerprint density at radius 3 is 2.44 bits per heavy atom. The molecule has 27 heavy (non-hydrogen) atoms. The molecular formula is C20H28N2O5. The summed E-state index contributed by atoms with van der Waals surface area (Å²) in [5.41, 5.74) is 0. The summed E-state index contributed by atoms with van der Waals surface area (Å²) in [4.78, 5) is 37.2. The average Bonchev–Trinajstić information content (AvgIpc) is 2.68. The number of rotatable bonds is 9. The fourth-order valence-corrected chi connectivity index (χ4v) is 2.95. The Balaban J connectivity index is 1.60. The summed E-state index contributed by atoms with van der Waals surface area (Å²) in [6, 6.07) is 9.46. The van der Waals surface area contributed by atoms with Crippen LogP contribution in [-0.2, 0) is 19.1 Å². The van der Waals surface area contributed by atoms with Crippen molar-refractivity contribution in [2.24, 2.45) is 0 Å². The standard InChI is InChI=1S/C20H28N2O5/c1-2-26-20(25)9-8-19(24)22-13-10-16(11-14-22)21-18(23)12-15-27-17-6-4-3-5-7-17/h3-7,16H,2,8-15H2,1H3,(H,21,23). The Labute approximate surface area is 160 Å². The third-order valence-corrected chi connectivity index (χ3v) is 4.40. The number of nitrogens with zero attached hydrogens (tertiary/aromatic N) is 1. The average molecular weight is 376 g/mol. The number of carbonyl (C=O) groups excluding carboxylic acids is 3. The molecule has 1 heterocycles. The van der Waals surface area contributed by atoms with Gasteiger partial charge >= 0.3 is 5.97 Å². The van der Waals surface area contributed by atoms with E-state index in [0.29, 0.717) is 32.7 Å². The maximum atomic E-state index is 12.1. The lowest BCUT2D eigenvalue weighted by atomic mass is 10.0. The van der Waals surface area contributed by atoms with Gasteiger partial charge in [0.2, 0.25) is 11.8 Å². The van der Waals surface area contributed by atoms with Gasteiger partial charge in [-0.1, -0.05) is 18.2 Å². The first-order chi connectivity index (χ1) is 13.1. The number of ether oxygens (including phenoxy) is 2. The van der Waals surface area contributed by atoms with Gasteiger partial charge in [0.25, 0.3) is 0 Å². The zero-order valence-electron chi connectivity index (χ0n) is 15.8. The van der Waals surface area contributed by atoms with Gasteiger partial charge in [0, 0.05) is 25.6 Å². The van der Waals surface area contributed by atoms with E-state index in [0.717, 1.165) is 18.6 Å². The monoisotopic (exact) mass is 376 g/mol. The van der Waals surface area contributed by atoms with E-state index in [1.165, 1.54) is 0 Å². The summed E-state index contributed by atoms with van der Waals surface area (Å²) in [7, 11) is 0. The maximum Gasteiger partial charge on any atom is 0.306 e. The van der Waals surface area contributed by atoms with Crippen LogP contribution in [-0.4, -0.2) is 55.0 Å². The molecule has 1 N–H and O–H groups in total. The number of hydrogen-bond donors (Lipinski definition) is 1. The molecule has 0 atom stereocenters. The molecule has 0 aliphatic carbocycles. The van der Waals surface area contributed by atoms with Gasteiger partial charge in [-0.05, 0) is 31.9 Å². The molecule has 0 saturated carbocycles. The molecule has 2 rings (SSSR count). The Kier molecular flexibility index (Phi) is 8.61. The number of carbonyl (C=O) groups is 3. The molecule has 7 nitrogen and oxygen atoms in total. The predicted octanol–water partition coefficient (Wildman–Crippen LogP) is 1.91. The lowest BCUT2D eigenvalue weighted by Gasteiger charge is -2.32. The smallest absolute Gasteiger partial charge is 0.306 e. The van der Waals surface area contributed by atoms with Crippen LogP contribution in [0.3, 0.4) is 0 Å².